The SMILES string of the molecule is NC(C(=O)O)c1ccccc1.NCCCC[C@H](N)C(=O)O. The molecule has 21 heavy (non-hydrogen) atoms. The monoisotopic (exact) mass is 297 g/mol. The number of aliphatic carboxylic acids is 2. The molecule has 0 radical (unpaired) electrons. The molecule has 0 bridgehead atoms. The van der Waals surface area contributed by atoms with Crippen LogP contribution < -0.4 is 17.2 Å². The summed E-state index contributed by atoms with van der Waals surface area (Å²) in [7, 11) is 0. The summed E-state index contributed by atoms with van der Waals surface area (Å²) in [6.45, 7) is 0.604. The lowest BCUT2D eigenvalue weighted by Crippen LogP contribution is -2.29. The molecular weight excluding hydrogens is 274 g/mol. The summed E-state index contributed by atoms with van der Waals surface area (Å²) in [5.74, 6) is -1.94. The molecule has 0 amide bonds. The van der Waals surface area contributed by atoms with Crippen molar-refractivity contribution in [2.24, 2.45) is 17.2 Å². The highest BCUT2D eigenvalue weighted by Crippen LogP contribution is 2.08. The Morgan fingerprint density at radius 2 is 1.57 bits per heavy atom. The lowest BCUT2D eigenvalue weighted by atomic mass is 10.1. The van der Waals surface area contributed by atoms with Gasteiger partial charge < -0.3 is 27.4 Å². The molecule has 2 atom stereocenters. The first-order valence-corrected chi connectivity index (χ1v) is 6.62. The zero-order chi connectivity index (χ0) is 16.3. The van der Waals surface area contributed by atoms with E-state index >= 15 is 0 Å². The Morgan fingerprint density at radius 3 is 2.00 bits per heavy atom. The van der Waals surface area contributed by atoms with Crippen LogP contribution in [0.15, 0.2) is 30.3 Å². The minimum absolute atomic E-state index is 0.520. The standard InChI is InChI=1S/C8H9NO2.C6H14N2O2/c9-7(8(10)11)6-4-2-1-3-5-6;7-4-2-1-3-5(8)6(9)10/h1-5,7H,9H2,(H,10,11);5H,1-4,7-8H2,(H,9,10)/t;5-/m.0/s1. The van der Waals surface area contributed by atoms with Crippen molar-refractivity contribution in [3.8, 4) is 0 Å². The maximum absolute atomic E-state index is 10.4. The summed E-state index contributed by atoms with van der Waals surface area (Å²) in [6, 6.07) is 7.11. The molecule has 1 aromatic carbocycles. The molecule has 0 heterocycles. The van der Waals surface area contributed by atoms with Crippen molar-refractivity contribution < 1.29 is 19.8 Å². The molecule has 0 saturated heterocycles. The third kappa shape index (κ3) is 8.74. The normalized spacial score (nSPS) is 12.7. The molecule has 0 aliphatic carbocycles. The molecule has 1 rings (SSSR count). The molecule has 1 unspecified atom stereocenters. The molecule has 0 fully saturated rings. The van der Waals surface area contributed by atoms with Gasteiger partial charge in [0.25, 0.3) is 0 Å². The van der Waals surface area contributed by atoms with E-state index < -0.39 is 24.0 Å². The molecule has 7 heteroatoms. The van der Waals surface area contributed by atoms with Crippen LogP contribution in [0.5, 0.6) is 0 Å². The number of hydrogen-bond acceptors (Lipinski definition) is 5. The Balaban J connectivity index is 0.000000384. The molecular formula is C14H23N3O4. The van der Waals surface area contributed by atoms with Gasteiger partial charge in [-0.1, -0.05) is 36.8 Å². The van der Waals surface area contributed by atoms with E-state index in [1.165, 1.54) is 0 Å². The second-order valence-corrected chi connectivity index (χ2v) is 4.46. The van der Waals surface area contributed by atoms with Gasteiger partial charge in [-0.25, -0.2) is 0 Å². The largest absolute Gasteiger partial charge is 0.480 e. The van der Waals surface area contributed by atoms with E-state index in [0.717, 1.165) is 12.8 Å². The van der Waals surface area contributed by atoms with Gasteiger partial charge in [-0.3, -0.25) is 9.59 Å². The van der Waals surface area contributed by atoms with Crippen molar-refractivity contribution in [2.75, 3.05) is 6.54 Å². The van der Waals surface area contributed by atoms with Gasteiger partial charge in [0.05, 0.1) is 0 Å². The summed E-state index contributed by atoms with van der Waals surface area (Å²) in [4.78, 5) is 20.5. The number of carboxylic acid groups (broad SMARTS) is 2. The zero-order valence-corrected chi connectivity index (χ0v) is 11.8. The molecule has 0 aromatic heterocycles. The van der Waals surface area contributed by atoms with Gasteiger partial charge in [0.1, 0.15) is 12.1 Å². The van der Waals surface area contributed by atoms with Crippen LogP contribution in [-0.2, 0) is 9.59 Å². The predicted octanol–water partition coefficient (Wildman–Crippen LogP) is 0.298. The van der Waals surface area contributed by atoms with Crippen molar-refractivity contribution in [3.63, 3.8) is 0 Å². The van der Waals surface area contributed by atoms with Crippen LogP contribution in [0.2, 0.25) is 0 Å². The molecule has 7 nitrogen and oxygen atoms in total. The first-order chi connectivity index (χ1) is 9.90. The number of nitrogens with two attached hydrogens (primary N) is 3. The first kappa shape index (κ1) is 19.0. The van der Waals surface area contributed by atoms with E-state index in [4.69, 9.17) is 27.4 Å². The Bertz CT molecular complexity index is 425. The maximum atomic E-state index is 10.4. The third-order valence-corrected chi connectivity index (χ3v) is 2.71. The van der Waals surface area contributed by atoms with E-state index in [1.807, 2.05) is 6.07 Å². The highest BCUT2D eigenvalue weighted by atomic mass is 16.4. The van der Waals surface area contributed by atoms with E-state index in [-0.39, 0.29) is 0 Å². The quantitative estimate of drug-likeness (QED) is 0.453. The predicted molar refractivity (Wildman–Crippen MR) is 79.5 cm³/mol. The smallest absolute Gasteiger partial charge is 0.325 e. The topological polar surface area (TPSA) is 153 Å². The van der Waals surface area contributed by atoms with Crippen molar-refractivity contribution in [3.05, 3.63) is 35.9 Å². The van der Waals surface area contributed by atoms with Crippen LogP contribution in [-0.4, -0.2) is 34.7 Å². The van der Waals surface area contributed by atoms with Crippen LogP contribution in [0.3, 0.4) is 0 Å². The van der Waals surface area contributed by atoms with E-state index in [1.54, 1.807) is 24.3 Å². The summed E-state index contributed by atoms with van der Waals surface area (Å²) >= 11 is 0. The van der Waals surface area contributed by atoms with Crippen LogP contribution >= 0.6 is 0 Å². The fourth-order valence-corrected chi connectivity index (χ4v) is 1.44. The van der Waals surface area contributed by atoms with Crippen LogP contribution in [0, 0.1) is 0 Å². The van der Waals surface area contributed by atoms with Crippen molar-refractivity contribution in [1.82, 2.24) is 0 Å². The van der Waals surface area contributed by atoms with E-state index in [0.29, 0.717) is 18.5 Å². The summed E-state index contributed by atoms with van der Waals surface area (Å²) in [5.41, 5.74) is 16.4. The maximum Gasteiger partial charge on any atom is 0.325 e. The van der Waals surface area contributed by atoms with Gasteiger partial charge >= 0.3 is 11.9 Å². The van der Waals surface area contributed by atoms with Crippen LogP contribution in [0.4, 0.5) is 0 Å². The highest BCUT2D eigenvalue weighted by molar-refractivity contribution is 5.75. The third-order valence-electron chi connectivity index (χ3n) is 2.71. The molecule has 0 spiro atoms. The van der Waals surface area contributed by atoms with Gasteiger partial charge in [0, 0.05) is 0 Å². The van der Waals surface area contributed by atoms with Gasteiger partial charge in [-0.15, -0.1) is 0 Å². The van der Waals surface area contributed by atoms with Crippen LogP contribution in [0.25, 0.3) is 0 Å². The Labute approximate surface area is 123 Å². The fraction of sp³-hybridized carbons (Fsp3) is 0.429. The van der Waals surface area contributed by atoms with E-state index in [2.05, 4.69) is 0 Å². The number of carboxylic acids is 2. The molecule has 118 valence electrons. The number of benzene rings is 1. The minimum Gasteiger partial charge on any atom is -0.480 e. The minimum atomic E-state index is -1.00. The van der Waals surface area contributed by atoms with Gasteiger partial charge in [-0.2, -0.15) is 0 Å². The molecule has 1 aromatic rings. The zero-order valence-electron chi connectivity index (χ0n) is 11.8. The second-order valence-electron chi connectivity index (χ2n) is 4.46. The second kappa shape index (κ2) is 10.8. The number of rotatable bonds is 7. The summed E-state index contributed by atoms with van der Waals surface area (Å²) in [5, 5.41) is 16.8. The average molecular weight is 297 g/mol. The molecule has 0 saturated carbocycles. The average Bonchev–Trinajstić information content (AvgIpc) is 2.48. The van der Waals surface area contributed by atoms with Gasteiger partial charge in [-0.05, 0) is 24.9 Å². The van der Waals surface area contributed by atoms with Crippen molar-refractivity contribution >= 4 is 11.9 Å². The molecule has 0 aliphatic heterocycles. The number of carbonyl (C=O) groups is 2. The Hall–Kier alpha value is -1.96. The number of hydrogen-bond donors (Lipinski definition) is 5. The van der Waals surface area contributed by atoms with Crippen LogP contribution in [0.1, 0.15) is 30.9 Å². The lowest BCUT2D eigenvalue weighted by Gasteiger charge is -2.04. The highest BCUT2D eigenvalue weighted by Gasteiger charge is 2.12. The number of unbranched alkanes of at least 4 members (excludes halogenated alkanes) is 1. The fourth-order valence-electron chi connectivity index (χ4n) is 1.44. The summed E-state index contributed by atoms with van der Waals surface area (Å²) < 4.78 is 0. The molecule has 8 N–H and O–H groups in total. The Morgan fingerprint density at radius 1 is 1.00 bits per heavy atom. The lowest BCUT2D eigenvalue weighted by molar-refractivity contribution is -0.139. The Kier molecular flexibility index (Phi) is 9.78. The van der Waals surface area contributed by atoms with Crippen molar-refractivity contribution in [1.29, 1.82) is 0 Å². The first-order valence-electron chi connectivity index (χ1n) is 6.62. The van der Waals surface area contributed by atoms with Gasteiger partial charge in [0.2, 0.25) is 0 Å². The van der Waals surface area contributed by atoms with Gasteiger partial charge in [0.15, 0.2) is 0 Å². The summed E-state index contributed by atoms with van der Waals surface area (Å²) in [6.07, 6.45) is 2.16. The molecule has 0 aliphatic rings. The van der Waals surface area contributed by atoms with E-state index in [9.17, 15) is 9.59 Å². The van der Waals surface area contributed by atoms with Crippen molar-refractivity contribution in [2.45, 2.75) is 31.3 Å².